The lowest BCUT2D eigenvalue weighted by Gasteiger charge is -2.27. The quantitative estimate of drug-likeness (QED) is 0.916. The number of carboxylic acids is 1. The molecule has 1 heterocycles. The van der Waals surface area contributed by atoms with Crippen molar-refractivity contribution < 1.29 is 19.1 Å². The first-order chi connectivity index (χ1) is 11.4. The Balaban J connectivity index is 2.06. The van der Waals surface area contributed by atoms with Gasteiger partial charge in [-0.2, -0.15) is 0 Å². The highest BCUT2D eigenvalue weighted by atomic mass is 32.2. The van der Waals surface area contributed by atoms with E-state index >= 15 is 0 Å². The van der Waals surface area contributed by atoms with E-state index in [4.69, 9.17) is 5.11 Å². The standard InChI is InChI=1S/C18H16FNO3S/c1-10-3-5-13(19)8-14(10)17-20(16(21)9-24-17)15-6-4-12(18(22)23)7-11(15)2/h3-8,17H,9H2,1-2H3,(H,22,23). The van der Waals surface area contributed by atoms with Gasteiger partial charge in [0.2, 0.25) is 5.91 Å². The van der Waals surface area contributed by atoms with Gasteiger partial charge in [0.1, 0.15) is 11.2 Å². The minimum Gasteiger partial charge on any atom is -0.478 e. The fraction of sp³-hybridized carbons (Fsp3) is 0.222. The van der Waals surface area contributed by atoms with Crippen LogP contribution in [0.2, 0.25) is 0 Å². The number of thioether (sulfide) groups is 1. The van der Waals surface area contributed by atoms with Crippen molar-refractivity contribution in [3.8, 4) is 0 Å². The molecule has 1 saturated heterocycles. The first kappa shape index (κ1) is 16.5. The Hall–Kier alpha value is -2.34. The van der Waals surface area contributed by atoms with Crippen LogP contribution in [0.4, 0.5) is 10.1 Å². The first-order valence-electron chi connectivity index (χ1n) is 7.42. The molecule has 2 aromatic rings. The SMILES string of the molecule is Cc1ccc(F)cc1C1SCC(=O)N1c1ccc(C(=O)O)cc1C. The molecule has 1 fully saturated rings. The number of rotatable bonds is 3. The molecular weight excluding hydrogens is 329 g/mol. The smallest absolute Gasteiger partial charge is 0.335 e. The molecule has 0 radical (unpaired) electrons. The van der Waals surface area contributed by atoms with E-state index in [1.165, 1.54) is 30.0 Å². The number of anilines is 1. The highest BCUT2D eigenvalue weighted by molar-refractivity contribution is 8.00. The lowest BCUT2D eigenvalue weighted by molar-refractivity contribution is -0.115. The van der Waals surface area contributed by atoms with E-state index in [2.05, 4.69) is 0 Å². The third-order valence-corrected chi connectivity index (χ3v) is 5.27. The summed E-state index contributed by atoms with van der Waals surface area (Å²) < 4.78 is 13.7. The number of hydrogen-bond acceptors (Lipinski definition) is 3. The lowest BCUT2D eigenvalue weighted by Crippen LogP contribution is -2.29. The normalized spacial score (nSPS) is 17.4. The Morgan fingerprint density at radius 3 is 2.62 bits per heavy atom. The van der Waals surface area contributed by atoms with Crippen molar-refractivity contribution in [2.75, 3.05) is 10.7 Å². The average molecular weight is 345 g/mol. The summed E-state index contributed by atoms with van der Waals surface area (Å²) in [6.07, 6.45) is 0. The maximum Gasteiger partial charge on any atom is 0.335 e. The summed E-state index contributed by atoms with van der Waals surface area (Å²) in [7, 11) is 0. The molecule has 6 heteroatoms. The summed E-state index contributed by atoms with van der Waals surface area (Å²) in [4.78, 5) is 25.1. The van der Waals surface area contributed by atoms with Gasteiger partial charge in [-0.25, -0.2) is 9.18 Å². The number of amides is 1. The van der Waals surface area contributed by atoms with Crippen molar-refractivity contribution >= 4 is 29.3 Å². The number of hydrogen-bond donors (Lipinski definition) is 1. The van der Waals surface area contributed by atoms with Crippen molar-refractivity contribution in [2.24, 2.45) is 0 Å². The molecule has 1 unspecified atom stereocenters. The van der Waals surface area contributed by atoms with Gasteiger partial charge < -0.3 is 5.11 Å². The van der Waals surface area contributed by atoms with Gasteiger partial charge >= 0.3 is 5.97 Å². The zero-order valence-electron chi connectivity index (χ0n) is 13.2. The van der Waals surface area contributed by atoms with E-state index < -0.39 is 5.97 Å². The minimum absolute atomic E-state index is 0.0696. The number of carbonyl (C=O) groups is 2. The summed E-state index contributed by atoms with van der Waals surface area (Å²) in [5.74, 6) is -1.11. The monoisotopic (exact) mass is 345 g/mol. The largest absolute Gasteiger partial charge is 0.478 e. The molecule has 2 aromatic carbocycles. The van der Waals surface area contributed by atoms with Crippen LogP contribution in [0.25, 0.3) is 0 Å². The molecule has 1 amide bonds. The lowest BCUT2D eigenvalue weighted by atomic mass is 10.1. The van der Waals surface area contributed by atoms with E-state index in [0.717, 1.165) is 11.1 Å². The second kappa shape index (κ2) is 6.28. The van der Waals surface area contributed by atoms with Crippen LogP contribution in [-0.2, 0) is 4.79 Å². The molecule has 124 valence electrons. The number of aryl methyl sites for hydroxylation is 2. The van der Waals surface area contributed by atoms with Gasteiger partial charge in [0.15, 0.2) is 0 Å². The molecule has 0 bridgehead atoms. The molecule has 3 rings (SSSR count). The molecule has 0 spiro atoms. The zero-order chi connectivity index (χ0) is 17.4. The van der Waals surface area contributed by atoms with E-state index in [0.29, 0.717) is 17.0 Å². The minimum atomic E-state index is -1.01. The van der Waals surface area contributed by atoms with Crippen molar-refractivity contribution in [1.82, 2.24) is 0 Å². The van der Waals surface area contributed by atoms with Crippen LogP contribution in [0.1, 0.15) is 32.4 Å². The average Bonchev–Trinajstić information content (AvgIpc) is 2.91. The van der Waals surface area contributed by atoms with E-state index in [-0.39, 0.29) is 22.7 Å². The van der Waals surface area contributed by atoms with Crippen LogP contribution >= 0.6 is 11.8 Å². The van der Waals surface area contributed by atoms with Crippen LogP contribution < -0.4 is 4.90 Å². The Labute approximate surface area is 143 Å². The molecule has 1 aliphatic rings. The van der Waals surface area contributed by atoms with Gasteiger partial charge in [0, 0.05) is 5.69 Å². The molecule has 24 heavy (non-hydrogen) atoms. The highest BCUT2D eigenvalue weighted by Crippen LogP contribution is 2.44. The first-order valence-corrected chi connectivity index (χ1v) is 8.47. The summed E-state index contributed by atoms with van der Waals surface area (Å²) in [6.45, 7) is 3.66. The number of nitrogens with zero attached hydrogens (tertiary/aromatic N) is 1. The number of carbonyl (C=O) groups excluding carboxylic acids is 1. The number of halogens is 1. The Morgan fingerprint density at radius 1 is 1.21 bits per heavy atom. The molecule has 1 atom stereocenters. The van der Waals surface area contributed by atoms with Crippen LogP contribution in [0.5, 0.6) is 0 Å². The fourth-order valence-corrected chi connectivity index (χ4v) is 4.10. The Bertz CT molecular complexity index is 837. The molecule has 0 saturated carbocycles. The number of carboxylic acid groups (broad SMARTS) is 1. The van der Waals surface area contributed by atoms with Gasteiger partial charge in [-0.1, -0.05) is 6.07 Å². The molecule has 0 aromatic heterocycles. The third-order valence-electron chi connectivity index (χ3n) is 4.08. The van der Waals surface area contributed by atoms with Gasteiger partial charge in [0.25, 0.3) is 0 Å². The Kier molecular flexibility index (Phi) is 4.32. The summed E-state index contributed by atoms with van der Waals surface area (Å²) >= 11 is 1.44. The maximum atomic E-state index is 13.7. The maximum absolute atomic E-state index is 13.7. The Morgan fingerprint density at radius 2 is 1.96 bits per heavy atom. The second-order valence-corrected chi connectivity index (χ2v) is 6.80. The molecule has 0 aliphatic carbocycles. The van der Waals surface area contributed by atoms with E-state index in [9.17, 15) is 14.0 Å². The predicted molar refractivity (Wildman–Crippen MR) is 92.0 cm³/mol. The number of benzene rings is 2. The van der Waals surface area contributed by atoms with E-state index in [1.807, 2.05) is 6.92 Å². The van der Waals surface area contributed by atoms with Gasteiger partial charge in [0.05, 0.1) is 11.3 Å². The molecule has 1 N–H and O–H groups in total. The van der Waals surface area contributed by atoms with Gasteiger partial charge in [-0.15, -0.1) is 11.8 Å². The van der Waals surface area contributed by atoms with E-state index in [1.54, 1.807) is 30.0 Å². The number of aromatic carboxylic acids is 1. The van der Waals surface area contributed by atoms with Crippen molar-refractivity contribution in [3.05, 3.63) is 64.5 Å². The van der Waals surface area contributed by atoms with Crippen LogP contribution in [0, 0.1) is 19.7 Å². The molecule has 1 aliphatic heterocycles. The zero-order valence-corrected chi connectivity index (χ0v) is 14.1. The summed E-state index contributed by atoms with van der Waals surface area (Å²) in [5, 5.41) is 8.77. The van der Waals surface area contributed by atoms with Crippen LogP contribution in [-0.4, -0.2) is 22.7 Å². The summed E-state index contributed by atoms with van der Waals surface area (Å²) in [5.41, 5.74) is 3.20. The van der Waals surface area contributed by atoms with Crippen molar-refractivity contribution in [3.63, 3.8) is 0 Å². The van der Waals surface area contributed by atoms with Crippen LogP contribution in [0.3, 0.4) is 0 Å². The second-order valence-electron chi connectivity index (χ2n) is 5.73. The predicted octanol–water partition coefficient (Wildman–Crippen LogP) is 3.92. The van der Waals surface area contributed by atoms with Crippen molar-refractivity contribution in [1.29, 1.82) is 0 Å². The fourth-order valence-electron chi connectivity index (χ4n) is 2.85. The summed E-state index contributed by atoms with van der Waals surface area (Å²) in [6, 6.07) is 9.23. The van der Waals surface area contributed by atoms with Gasteiger partial charge in [-0.05, 0) is 60.9 Å². The molecule has 4 nitrogen and oxygen atoms in total. The highest BCUT2D eigenvalue weighted by Gasteiger charge is 2.35. The third kappa shape index (κ3) is 2.89. The topological polar surface area (TPSA) is 57.6 Å². The van der Waals surface area contributed by atoms with Gasteiger partial charge in [-0.3, -0.25) is 9.69 Å². The van der Waals surface area contributed by atoms with Crippen molar-refractivity contribution in [2.45, 2.75) is 19.2 Å². The van der Waals surface area contributed by atoms with Crippen LogP contribution in [0.15, 0.2) is 36.4 Å². The molecular formula is C18H16FNO3S.